The Bertz CT molecular complexity index is 853. The molecule has 9 heteroatoms. The van der Waals surface area contributed by atoms with Crippen molar-refractivity contribution in [1.82, 2.24) is 19.3 Å². The Morgan fingerprint density at radius 3 is 2.35 bits per heavy atom. The van der Waals surface area contributed by atoms with E-state index in [4.69, 9.17) is 9.51 Å². The van der Waals surface area contributed by atoms with Crippen molar-refractivity contribution in [3.8, 4) is 0 Å². The van der Waals surface area contributed by atoms with Crippen LogP contribution in [0.3, 0.4) is 0 Å². The zero-order valence-corrected chi connectivity index (χ0v) is 17.6. The second-order valence-corrected chi connectivity index (χ2v) is 10.5. The smallest absolute Gasteiger partial charge is 0.248 e. The maximum absolute atomic E-state index is 12.9. The Labute approximate surface area is 159 Å². The summed E-state index contributed by atoms with van der Waals surface area (Å²) in [5, 5.41) is 6.97. The van der Waals surface area contributed by atoms with Crippen molar-refractivity contribution in [1.29, 1.82) is 0 Å². The highest BCUT2D eigenvalue weighted by atomic mass is 32.2. The molecule has 0 aromatic carbocycles. The Kier molecular flexibility index (Phi) is 5.26. The number of thiazole rings is 1. The molecule has 0 spiro atoms. The molecule has 2 aromatic rings. The highest BCUT2D eigenvalue weighted by Gasteiger charge is 2.33. The van der Waals surface area contributed by atoms with E-state index < -0.39 is 10.0 Å². The minimum absolute atomic E-state index is 0.0515. The van der Waals surface area contributed by atoms with Crippen LogP contribution in [0.2, 0.25) is 0 Å². The van der Waals surface area contributed by atoms with E-state index in [0.29, 0.717) is 37.6 Å². The zero-order chi connectivity index (χ0) is 19.1. The first kappa shape index (κ1) is 19.5. The summed E-state index contributed by atoms with van der Waals surface area (Å²) in [6.07, 6.45) is 0. The normalized spacial score (nSPS) is 17.7. The van der Waals surface area contributed by atoms with E-state index in [2.05, 4.69) is 36.2 Å². The summed E-state index contributed by atoms with van der Waals surface area (Å²) in [6.45, 7) is 12.8. The van der Waals surface area contributed by atoms with Gasteiger partial charge in [-0.2, -0.15) is 4.31 Å². The molecular weight excluding hydrogens is 372 g/mol. The predicted octanol–water partition coefficient (Wildman–Crippen LogP) is 2.55. The first-order valence-corrected chi connectivity index (χ1v) is 11.0. The molecule has 0 atom stereocenters. The largest absolute Gasteiger partial charge is 0.360 e. The van der Waals surface area contributed by atoms with Gasteiger partial charge >= 0.3 is 0 Å². The zero-order valence-electron chi connectivity index (χ0n) is 15.9. The molecule has 26 heavy (non-hydrogen) atoms. The van der Waals surface area contributed by atoms with Crippen LogP contribution in [0.4, 0.5) is 0 Å². The van der Waals surface area contributed by atoms with E-state index in [1.165, 1.54) is 4.31 Å². The van der Waals surface area contributed by atoms with Crippen LogP contribution < -0.4 is 0 Å². The van der Waals surface area contributed by atoms with Gasteiger partial charge in [-0.3, -0.25) is 4.90 Å². The van der Waals surface area contributed by atoms with Crippen molar-refractivity contribution in [2.24, 2.45) is 0 Å². The number of hydrogen-bond acceptors (Lipinski definition) is 7. The third kappa shape index (κ3) is 3.85. The lowest BCUT2D eigenvalue weighted by Gasteiger charge is -2.33. The Balaban J connectivity index is 1.63. The average molecular weight is 399 g/mol. The third-order valence-electron chi connectivity index (χ3n) is 4.58. The van der Waals surface area contributed by atoms with Crippen LogP contribution in [0, 0.1) is 13.8 Å². The van der Waals surface area contributed by atoms with Crippen LogP contribution in [0.25, 0.3) is 0 Å². The fourth-order valence-corrected chi connectivity index (χ4v) is 5.79. The molecule has 1 aliphatic heterocycles. The molecule has 1 saturated heterocycles. The molecule has 1 fully saturated rings. The van der Waals surface area contributed by atoms with Gasteiger partial charge in [0, 0.05) is 37.0 Å². The number of piperazine rings is 1. The number of nitrogens with zero attached hydrogens (tertiary/aromatic N) is 4. The fourth-order valence-electron chi connectivity index (χ4n) is 3.02. The number of sulfonamides is 1. The molecule has 0 N–H and O–H groups in total. The fraction of sp³-hybridized carbons (Fsp3) is 0.647. The summed E-state index contributed by atoms with van der Waals surface area (Å²) < 4.78 is 32.3. The molecule has 3 heterocycles. The summed E-state index contributed by atoms with van der Waals surface area (Å²) in [4.78, 5) is 7.20. The average Bonchev–Trinajstić information content (AvgIpc) is 3.14. The molecule has 1 aliphatic rings. The minimum Gasteiger partial charge on any atom is -0.360 e. The molecular formula is C17H26N4O3S2. The van der Waals surface area contributed by atoms with Crippen molar-refractivity contribution < 1.29 is 12.9 Å². The van der Waals surface area contributed by atoms with Crippen LogP contribution in [0.5, 0.6) is 0 Å². The van der Waals surface area contributed by atoms with Crippen molar-refractivity contribution >= 4 is 21.4 Å². The molecule has 0 amide bonds. The van der Waals surface area contributed by atoms with Gasteiger partial charge in [-0.05, 0) is 13.8 Å². The van der Waals surface area contributed by atoms with E-state index >= 15 is 0 Å². The third-order valence-corrected chi connectivity index (χ3v) is 7.55. The van der Waals surface area contributed by atoms with Gasteiger partial charge in [0.2, 0.25) is 10.0 Å². The SMILES string of the molecule is Cc1noc(C)c1S(=O)(=O)N1CCN(Cc2nc(C(C)(C)C)cs2)CC1. The predicted molar refractivity (Wildman–Crippen MR) is 101 cm³/mol. The molecule has 0 aliphatic carbocycles. The maximum atomic E-state index is 12.9. The number of rotatable bonds is 4. The summed E-state index contributed by atoms with van der Waals surface area (Å²) in [5.74, 6) is 0.349. The molecule has 2 aromatic heterocycles. The Morgan fingerprint density at radius 1 is 1.19 bits per heavy atom. The molecule has 144 valence electrons. The van der Waals surface area contributed by atoms with Gasteiger partial charge in [0.1, 0.15) is 15.6 Å². The van der Waals surface area contributed by atoms with E-state index in [0.717, 1.165) is 17.2 Å². The van der Waals surface area contributed by atoms with Crippen LogP contribution in [-0.2, 0) is 22.0 Å². The highest BCUT2D eigenvalue weighted by Crippen LogP contribution is 2.26. The quantitative estimate of drug-likeness (QED) is 0.787. The van der Waals surface area contributed by atoms with Crippen molar-refractivity contribution in [3.05, 3.63) is 27.5 Å². The van der Waals surface area contributed by atoms with Crippen LogP contribution in [0.1, 0.15) is 42.9 Å². The standard InChI is InChI=1S/C17H26N4O3S2/c1-12-16(13(2)24-19-12)26(22,23)21-8-6-20(7-9-21)10-15-18-14(11-25-15)17(3,4)5/h11H,6-10H2,1-5H3. The van der Waals surface area contributed by atoms with Gasteiger partial charge in [-0.1, -0.05) is 25.9 Å². The van der Waals surface area contributed by atoms with Gasteiger partial charge < -0.3 is 4.52 Å². The Morgan fingerprint density at radius 2 is 1.85 bits per heavy atom. The number of aryl methyl sites for hydroxylation is 2. The van der Waals surface area contributed by atoms with E-state index in [1.54, 1.807) is 25.2 Å². The number of aromatic nitrogens is 2. The topological polar surface area (TPSA) is 79.5 Å². The minimum atomic E-state index is -3.55. The van der Waals surface area contributed by atoms with Gasteiger partial charge in [0.15, 0.2) is 5.76 Å². The van der Waals surface area contributed by atoms with Gasteiger partial charge in [0.05, 0.1) is 12.2 Å². The molecule has 7 nitrogen and oxygen atoms in total. The van der Waals surface area contributed by atoms with E-state index in [9.17, 15) is 8.42 Å². The van der Waals surface area contributed by atoms with Gasteiger partial charge in [-0.15, -0.1) is 11.3 Å². The monoisotopic (exact) mass is 398 g/mol. The second kappa shape index (κ2) is 7.03. The molecule has 0 unspecified atom stereocenters. The van der Waals surface area contributed by atoms with Gasteiger partial charge in [0.25, 0.3) is 0 Å². The molecule has 0 radical (unpaired) electrons. The summed E-state index contributed by atoms with van der Waals surface area (Å²) in [7, 11) is -3.55. The van der Waals surface area contributed by atoms with Crippen molar-refractivity contribution in [3.63, 3.8) is 0 Å². The van der Waals surface area contributed by atoms with Gasteiger partial charge in [-0.25, -0.2) is 13.4 Å². The Hall–Kier alpha value is -1.29. The molecule has 0 saturated carbocycles. The lowest BCUT2D eigenvalue weighted by Crippen LogP contribution is -2.48. The summed E-state index contributed by atoms with van der Waals surface area (Å²) >= 11 is 1.67. The van der Waals surface area contributed by atoms with Crippen molar-refractivity contribution in [2.75, 3.05) is 26.2 Å². The number of hydrogen-bond donors (Lipinski definition) is 0. The lowest BCUT2D eigenvalue weighted by atomic mass is 9.93. The highest BCUT2D eigenvalue weighted by molar-refractivity contribution is 7.89. The maximum Gasteiger partial charge on any atom is 0.248 e. The summed E-state index contributed by atoms with van der Waals surface area (Å²) in [5.41, 5.74) is 1.58. The van der Waals surface area contributed by atoms with Crippen LogP contribution >= 0.6 is 11.3 Å². The van der Waals surface area contributed by atoms with Crippen LogP contribution in [0.15, 0.2) is 14.8 Å². The van der Waals surface area contributed by atoms with Crippen molar-refractivity contribution in [2.45, 2.75) is 51.5 Å². The second-order valence-electron chi connectivity index (χ2n) is 7.71. The first-order chi connectivity index (χ1) is 12.1. The lowest BCUT2D eigenvalue weighted by molar-refractivity contribution is 0.181. The first-order valence-electron chi connectivity index (χ1n) is 8.69. The van der Waals surface area contributed by atoms with E-state index in [1.807, 2.05) is 0 Å². The molecule has 3 rings (SSSR count). The molecule has 0 bridgehead atoms. The van der Waals surface area contributed by atoms with Crippen LogP contribution in [-0.4, -0.2) is 53.9 Å². The summed E-state index contributed by atoms with van der Waals surface area (Å²) in [6, 6.07) is 0. The van der Waals surface area contributed by atoms with E-state index in [-0.39, 0.29) is 10.3 Å².